The number of guanidine groups is 1. The summed E-state index contributed by atoms with van der Waals surface area (Å²) < 4.78 is 31.6. The van der Waals surface area contributed by atoms with Crippen molar-refractivity contribution in [1.82, 2.24) is 0 Å². The Morgan fingerprint density at radius 2 is 1.62 bits per heavy atom. The van der Waals surface area contributed by atoms with Gasteiger partial charge in [0.25, 0.3) is 0 Å². The minimum atomic E-state index is -4.67. The predicted octanol–water partition coefficient (Wildman–Crippen LogP) is -2.31. The van der Waals surface area contributed by atoms with Crippen LogP contribution in [0.15, 0.2) is 4.99 Å². The second kappa shape index (κ2) is 6.16. The van der Waals surface area contributed by atoms with Crippen molar-refractivity contribution in [3.05, 3.63) is 0 Å². The monoisotopic (exact) mass is 215 g/mol. The van der Waals surface area contributed by atoms with E-state index in [1.807, 2.05) is 0 Å². The Kier molecular flexibility index (Phi) is 6.71. The van der Waals surface area contributed by atoms with Gasteiger partial charge in [0.15, 0.2) is 5.96 Å². The van der Waals surface area contributed by atoms with Crippen molar-refractivity contribution < 1.29 is 27.4 Å². The lowest BCUT2D eigenvalue weighted by Crippen LogP contribution is -2.24. The van der Waals surface area contributed by atoms with Crippen molar-refractivity contribution in [2.75, 3.05) is 6.54 Å². The molecule has 78 valence electrons. The van der Waals surface area contributed by atoms with Crippen LogP contribution >= 0.6 is 0 Å². The Balaban J connectivity index is 0. The van der Waals surface area contributed by atoms with Crippen molar-refractivity contribution in [2.24, 2.45) is 16.5 Å². The van der Waals surface area contributed by atoms with E-state index in [0.29, 0.717) is 0 Å². The number of nitrogens with two attached hydrogens (primary N) is 2. The van der Waals surface area contributed by atoms with Gasteiger partial charge < -0.3 is 16.6 Å². The SMILES string of the molecule is NC(N)=NCC(=O)O.O=S(=O)(O)O. The third-order valence-corrected chi connectivity index (χ3v) is 0.397. The lowest BCUT2D eigenvalue weighted by Gasteiger charge is -1.85. The Hall–Kier alpha value is -1.39. The first-order valence-electron chi connectivity index (χ1n) is 2.60. The normalized spacial score (nSPS) is 9.38. The molecule has 0 saturated carbocycles. The van der Waals surface area contributed by atoms with Crippen molar-refractivity contribution >= 4 is 22.3 Å². The average Bonchev–Trinajstić information content (AvgIpc) is 1.79. The zero-order chi connectivity index (χ0) is 11.1. The molecule has 0 aromatic heterocycles. The summed E-state index contributed by atoms with van der Waals surface area (Å²) in [6, 6.07) is 0. The summed E-state index contributed by atoms with van der Waals surface area (Å²) in [5.74, 6) is -1.24. The highest BCUT2D eigenvalue weighted by molar-refractivity contribution is 7.79. The van der Waals surface area contributed by atoms with Gasteiger partial charge in [0.2, 0.25) is 0 Å². The van der Waals surface area contributed by atoms with Crippen LogP contribution in [0.3, 0.4) is 0 Å². The second-order valence-corrected chi connectivity index (χ2v) is 2.48. The highest BCUT2D eigenvalue weighted by Gasteiger charge is 1.90. The summed E-state index contributed by atoms with van der Waals surface area (Å²) in [5.41, 5.74) is 9.61. The largest absolute Gasteiger partial charge is 0.480 e. The molecule has 0 aliphatic rings. The summed E-state index contributed by atoms with van der Waals surface area (Å²) in [6.45, 7) is -0.359. The van der Waals surface area contributed by atoms with E-state index in [1.54, 1.807) is 0 Å². The third-order valence-electron chi connectivity index (χ3n) is 0.397. The molecule has 0 unspecified atom stereocenters. The van der Waals surface area contributed by atoms with E-state index in [-0.39, 0.29) is 12.5 Å². The summed E-state index contributed by atoms with van der Waals surface area (Å²) >= 11 is 0. The Morgan fingerprint density at radius 3 is 1.69 bits per heavy atom. The van der Waals surface area contributed by atoms with E-state index < -0.39 is 16.4 Å². The molecule has 0 fully saturated rings. The highest BCUT2D eigenvalue weighted by atomic mass is 32.3. The molecule has 10 heteroatoms. The molecule has 0 aromatic rings. The van der Waals surface area contributed by atoms with Crippen LogP contribution in [0.4, 0.5) is 0 Å². The molecule has 0 radical (unpaired) electrons. The fraction of sp³-hybridized carbons (Fsp3) is 0.333. The molecular formula is C3H9N3O6S. The van der Waals surface area contributed by atoms with Gasteiger partial charge in [-0.05, 0) is 0 Å². The summed E-state index contributed by atoms with van der Waals surface area (Å²) in [5, 5.41) is 7.94. The first-order chi connectivity index (χ1) is 5.63. The topological polar surface area (TPSA) is 176 Å². The van der Waals surface area contributed by atoms with E-state index in [4.69, 9.17) is 34.1 Å². The molecule has 0 aliphatic carbocycles. The van der Waals surface area contributed by atoms with Gasteiger partial charge in [0.1, 0.15) is 6.54 Å². The number of carboxylic acid groups (broad SMARTS) is 1. The molecule has 0 bridgehead atoms. The lowest BCUT2D eigenvalue weighted by molar-refractivity contribution is -0.135. The van der Waals surface area contributed by atoms with Crippen LogP contribution in [0.2, 0.25) is 0 Å². The molecule has 0 saturated heterocycles. The molecule has 13 heavy (non-hydrogen) atoms. The quantitative estimate of drug-likeness (QED) is 0.194. The Bertz CT molecular complexity index is 269. The fourth-order valence-corrected chi connectivity index (χ4v) is 0.159. The molecule has 0 atom stereocenters. The van der Waals surface area contributed by atoms with E-state index in [0.717, 1.165) is 0 Å². The smallest absolute Gasteiger partial charge is 0.394 e. The average molecular weight is 215 g/mol. The first kappa shape index (κ1) is 14.2. The number of carbonyl (C=O) groups is 1. The zero-order valence-corrected chi connectivity index (χ0v) is 7.10. The van der Waals surface area contributed by atoms with E-state index in [1.165, 1.54) is 0 Å². The highest BCUT2D eigenvalue weighted by Crippen LogP contribution is 1.65. The second-order valence-electron chi connectivity index (χ2n) is 1.58. The van der Waals surface area contributed by atoms with E-state index >= 15 is 0 Å². The minimum Gasteiger partial charge on any atom is -0.480 e. The number of rotatable bonds is 2. The molecule has 0 aliphatic heterocycles. The lowest BCUT2D eigenvalue weighted by atomic mass is 10.7. The fourth-order valence-electron chi connectivity index (χ4n) is 0.159. The van der Waals surface area contributed by atoms with Crippen LogP contribution in [0.1, 0.15) is 0 Å². The van der Waals surface area contributed by atoms with Gasteiger partial charge in [-0.2, -0.15) is 8.42 Å². The molecule has 0 heterocycles. The van der Waals surface area contributed by atoms with Gasteiger partial charge in [-0.1, -0.05) is 0 Å². The van der Waals surface area contributed by atoms with Crippen molar-refractivity contribution in [2.45, 2.75) is 0 Å². The number of carboxylic acids is 1. The number of aliphatic imine (C=N–C) groups is 1. The minimum absolute atomic E-state index is 0.201. The van der Waals surface area contributed by atoms with Gasteiger partial charge in [-0.25, -0.2) is 4.99 Å². The number of nitrogens with zero attached hydrogens (tertiary/aromatic N) is 1. The van der Waals surface area contributed by atoms with E-state index in [2.05, 4.69) is 4.99 Å². The van der Waals surface area contributed by atoms with Crippen molar-refractivity contribution in [3.8, 4) is 0 Å². The van der Waals surface area contributed by atoms with Crippen molar-refractivity contribution in [3.63, 3.8) is 0 Å². The maximum Gasteiger partial charge on any atom is 0.394 e. The zero-order valence-electron chi connectivity index (χ0n) is 6.28. The van der Waals surface area contributed by atoms with Crippen LogP contribution in [0.25, 0.3) is 0 Å². The maximum absolute atomic E-state index is 9.69. The molecule has 9 nitrogen and oxygen atoms in total. The Morgan fingerprint density at radius 1 is 1.31 bits per heavy atom. The van der Waals surface area contributed by atoms with Gasteiger partial charge >= 0.3 is 16.4 Å². The predicted molar refractivity (Wildman–Crippen MR) is 42.5 cm³/mol. The molecule has 0 amide bonds. The molecule has 0 spiro atoms. The van der Waals surface area contributed by atoms with Crippen LogP contribution in [0.5, 0.6) is 0 Å². The Labute approximate surface area is 73.6 Å². The summed E-state index contributed by atoms with van der Waals surface area (Å²) in [6.07, 6.45) is 0. The maximum atomic E-state index is 9.69. The van der Waals surface area contributed by atoms with Gasteiger partial charge in [-0.15, -0.1) is 0 Å². The van der Waals surface area contributed by atoms with E-state index in [9.17, 15) is 4.79 Å². The molecule has 0 aromatic carbocycles. The van der Waals surface area contributed by atoms with Crippen molar-refractivity contribution in [1.29, 1.82) is 0 Å². The summed E-state index contributed by atoms with van der Waals surface area (Å²) in [4.78, 5) is 12.9. The van der Waals surface area contributed by atoms with Gasteiger partial charge in [0, 0.05) is 0 Å². The standard InChI is InChI=1S/C3H7N3O2.H2O4S/c4-3(5)6-1-2(7)8;1-5(2,3)4/h1H2,(H,7,8)(H4,4,5,6);(H2,1,2,3,4). The van der Waals surface area contributed by atoms with Gasteiger partial charge in [0.05, 0.1) is 0 Å². The molecule has 7 N–H and O–H groups in total. The van der Waals surface area contributed by atoms with Gasteiger partial charge in [-0.3, -0.25) is 13.9 Å². The first-order valence-corrected chi connectivity index (χ1v) is 3.99. The third kappa shape index (κ3) is 60.4. The van der Waals surface area contributed by atoms with Crippen LogP contribution in [0, 0.1) is 0 Å². The molecular weight excluding hydrogens is 206 g/mol. The number of hydrogen-bond acceptors (Lipinski definition) is 4. The number of hydrogen-bond donors (Lipinski definition) is 5. The molecule has 0 rings (SSSR count). The van der Waals surface area contributed by atoms with Crippen LogP contribution in [-0.4, -0.2) is 41.1 Å². The number of aliphatic carboxylic acids is 1. The van der Waals surface area contributed by atoms with Crippen LogP contribution in [-0.2, 0) is 15.2 Å². The summed E-state index contributed by atoms with van der Waals surface area (Å²) in [7, 11) is -4.67. The van der Waals surface area contributed by atoms with Crippen LogP contribution < -0.4 is 11.5 Å².